The van der Waals surface area contributed by atoms with Crippen LogP contribution in [0.1, 0.15) is 18.9 Å². The molecule has 1 unspecified atom stereocenters. The van der Waals surface area contributed by atoms with Crippen molar-refractivity contribution in [3.63, 3.8) is 0 Å². The van der Waals surface area contributed by atoms with Crippen LogP contribution in [0.15, 0.2) is 18.2 Å². The van der Waals surface area contributed by atoms with E-state index < -0.39 is 0 Å². The highest BCUT2D eigenvalue weighted by molar-refractivity contribution is 6.31. The lowest BCUT2D eigenvalue weighted by Gasteiger charge is -2.30. The largest absolute Gasteiger partial charge is 0.367 e. The molecule has 1 atom stereocenters. The number of anilines is 1. The first-order chi connectivity index (χ1) is 7.70. The minimum absolute atomic E-state index is 0.576. The van der Waals surface area contributed by atoms with Gasteiger partial charge in [0.05, 0.1) is 0 Å². The van der Waals surface area contributed by atoms with Crippen LogP contribution in [0.4, 0.5) is 5.69 Å². The molecule has 0 bridgehead atoms. The van der Waals surface area contributed by atoms with E-state index in [1.807, 2.05) is 12.1 Å². The summed E-state index contributed by atoms with van der Waals surface area (Å²) in [7, 11) is 0. The number of hydrogen-bond acceptors (Lipinski definition) is 2. The number of halogens is 1. The molecule has 88 valence electrons. The molecule has 0 radical (unpaired) electrons. The van der Waals surface area contributed by atoms with Crippen molar-refractivity contribution in [2.75, 3.05) is 24.5 Å². The third kappa shape index (κ3) is 2.33. The standard InChI is InChI=1S/C13H19ClN2/c1-10-6-7-15-8-9-16(10)13-5-3-4-12(14)11(13)2/h3-5,10,15H,6-9H2,1-2H3. The van der Waals surface area contributed by atoms with E-state index in [1.54, 1.807) is 0 Å². The molecule has 1 aliphatic rings. The Bertz CT molecular complexity index is 365. The van der Waals surface area contributed by atoms with E-state index in [0.29, 0.717) is 6.04 Å². The first kappa shape index (κ1) is 11.7. The maximum absolute atomic E-state index is 6.18. The molecule has 2 nitrogen and oxygen atoms in total. The summed E-state index contributed by atoms with van der Waals surface area (Å²) in [5.41, 5.74) is 2.47. The molecule has 1 heterocycles. The normalized spacial score (nSPS) is 21.9. The SMILES string of the molecule is Cc1c(Cl)cccc1N1CCNCCC1C. The first-order valence-corrected chi connectivity index (χ1v) is 6.30. The highest BCUT2D eigenvalue weighted by Gasteiger charge is 2.18. The van der Waals surface area contributed by atoms with E-state index in [2.05, 4.69) is 30.1 Å². The Balaban J connectivity index is 2.30. The molecule has 0 amide bonds. The van der Waals surface area contributed by atoms with Crippen LogP contribution in [0, 0.1) is 6.92 Å². The van der Waals surface area contributed by atoms with E-state index in [4.69, 9.17) is 11.6 Å². The summed E-state index contributed by atoms with van der Waals surface area (Å²) in [5.74, 6) is 0. The monoisotopic (exact) mass is 238 g/mol. The Labute approximate surface area is 103 Å². The summed E-state index contributed by atoms with van der Waals surface area (Å²) in [4.78, 5) is 2.46. The lowest BCUT2D eigenvalue weighted by Crippen LogP contribution is -2.34. The summed E-state index contributed by atoms with van der Waals surface area (Å²) in [6, 6.07) is 6.74. The predicted molar refractivity (Wildman–Crippen MR) is 70.5 cm³/mol. The second-order valence-electron chi connectivity index (χ2n) is 4.47. The van der Waals surface area contributed by atoms with Crippen molar-refractivity contribution in [2.24, 2.45) is 0 Å². The average Bonchev–Trinajstić information content (AvgIpc) is 2.47. The zero-order valence-electron chi connectivity index (χ0n) is 9.96. The van der Waals surface area contributed by atoms with E-state index in [1.165, 1.54) is 17.7 Å². The van der Waals surface area contributed by atoms with Gasteiger partial charge in [-0.3, -0.25) is 0 Å². The fraction of sp³-hybridized carbons (Fsp3) is 0.538. The van der Waals surface area contributed by atoms with Gasteiger partial charge in [0.2, 0.25) is 0 Å². The molecular weight excluding hydrogens is 220 g/mol. The first-order valence-electron chi connectivity index (χ1n) is 5.92. The minimum Gasteiger partial charge on any atom is -0.367 e. The van der Waals surface area contributed by atoms with E-state index in [9.17, 15) is 0 Å². The maximum atomic E-state index is 6.18. The molecule has 0 spiro atoms. The Morgan fingerprint density at radius 2 is 2.19 bits per heavy atom. The van der Waals surface area contributed by atoms with Crippen LogP contribution in [0.2, 0.25) is 5.02 Å². The molecule has 1 aromatic carbocycles. The van der Waals surface area contributed by atoms with Gasteiger partial charge in [-0.2, -0.15) is 0 Å². The summed E-state index contributed by atoms with van der Waals surface area (Å²) in [6.07, 6.45) is 1.19. The topological polar surface area (TPSA) is 15.3 Å². The smallest absolute Gasteiger partial charge is 0.0455 e. The fourth-order valence-electron chi connectivity index (χ4n) is 2.28. The molecule has 1 aliphatic heterocycles. The van der Waals surface area contributed by atoms with Gasteiger partial charge in [-0.1, -0.05) is 17.7 Å². The van der Waals surface area contributed by atoms with Gasteiger partial charge >= 0.3 is 0 Å². The molecule has 2 rings (SSSR count). The summed E-state index contributed by atoms with van der Waals surface area (Å²) >= 11 is 6.18. The predicted octanol–water partition coefficient (Wildman–Crippen LogP) is 2.84. The molecule has 1 saturated heterocycles. The van der Waals surface area contributed by atoms with E-state index in [-0.39, 0.29) is 0 Å². The second kappa shape index (κ2) is 5.07. The van der Waals surface area contributed by atoms with Gasteiger partial charge in [0.1, 0.15) is 0 Å². The van der Waals surface area contributed by atoms with Gasteiger partial charge < -0.3 is 10.2 Å². The number of hydrogen-bond donors (Lipinski definition) is 1. The Morgan fingerprint density at radius 1 is 1.38 bits per heavy atom. The molecule has 1 N–H and O–H groups in total. The van der Waals surface area contributed by atoms with Crippen LogP contribution in [-0.4, -0.2) is 25.7 Å². The summed E-state index contributed by atoms with van der Waals surface area (Å²) in [5, 5.41) is 4.30. The lowest BCUT2D eigenvalue weighted by molar-refractivity contribution is 0.630. The molecule has 0 aromatic heterocycles. The third-order valence-corrected chi connectivity index (χ3v) is 3.76. The molecule has 1 aromatic rings. The van der Waals surface area contributed by atoms with Crippen LogP contribution >= 0.6 is 11.6 Å². The van der Waals surface area contributed by atoms with Crippen LogP contribution in [0.5, 0.6) is 0 Å². The van der Waals surface area contributed by atoms with Crippen molar-refractivity contribution >= 4 is 17.3 Å². The van der Waals surface area contributed by atoms with Crippen LogP contribution in [0.3, 0.4) is 0 Å². The molecule has 1 fully saturated rings. The summed E-state index contributed by atoms with van der Waals surface area (Å²) < 4.78 is 0. The Hall–Kier alpha value is -0.730. The Morgan fingerprint density at radius 3 is 3.00 bits per heavy atom. The molecule has 16 heavy (non-hydrogen) atoms. The highest BCUT2D eigenvalue weighted by atomic mass is 35.5. The van der Waals surface area contributed by atoms with Gasteiger partial charge in [0.25, 0.3) is 0 Å². The minimum atomic E-state index is 0.576. The number of nitrogens with zero attached hydrogens (tertiary/aromatic N) is 1. The average molecular weight is 239 g/mol. The van der Waals surface area contributed by atoms with Crippen molar-refractivity contribution < 1.29 is 0 Å². The van der Waals surface area contributed by atoms with Crippen LogP contribution in [-0.2, 0) is 0 Å². The van der Waals surface area contributed by atoms with Crippen LogP contribution in [0.25, 0.3) is 0 Å². The summed E-state index contributed by atoms with van der Waals surface area (Å²) in [6.45, 7) is 7.60. The number of nitrogens with one attached hydrogen (secondary N) is 1. The highest BCUT2D eigenvalue weighted by Crippen LogP contribution is 2.28. The maximum Gasteiger partial charge on any atom is 0.0455 e. The molecule has 0 saturated carbocycles. The molecular formula is C13H19ClN2. The zero-order valence-corrected chi connectivity index (χ0v) is 10.7. The van der Waals surface area contributed by atoms with E-state index >= 15 is 0 Å². The molecule has 3 heteroatoms. The number of rotatable bonds is 1. The van der Waals surface area contributed by atoms with Gasteiger partial charge in [-0.15, -0.1) is 0 Å². The van der Waals surface area contributed by atoms with Gasteiger partial charge in [-0.05, 0) is 44.5 Å². The molecule has 0 aliphatic carbocycles. The zero-order chi connectivity index (χ0) is 11.5. The fourth-order valence-corrected chi connectivity index (χ4v) is 2.45. The van der Waals surface area contributed by atoms with Crippen molar-refractivity contribution in [1.82, 2.24) is 5.32 Å². The lowest BCUT2D eigenvalue weighted by atomic mass is 10.1. The van der Waals surface area contributed by atoms with Crippen molar-refractivity contribution in [1.29, 1.82) is 0 Å². The van der Waals surface area contributed by atoms with Gasteiger partial charge in [-0.25, -0.2) is 0 Å². The number of benzene rings is 1. The third-order valence-electron chi connectivity index (χ3n) is 3.35. The van der Waals surface area contributed by atoms with Crippen molar-refractivity contribution in [3.05, 3.63) is 28.8 Å². The van der Waals surface area contributed by atoms with Gasteiger partial charge in [0.15, 0.2) is 0 Å². The van der Waals surface area contributed by atoms with Crippen molar-refractivity contribution in [3.8, 4) is 0 Å². The van der Waals surface area contributed by atoms with Crippen LogP contribution < -0.4 is 10.2 Å². The quantitative estimate of drug-likeness (QED) is 0.810. The Kier molecular flexibility index (Phi) is 3.72. The van der Waals surface area contributed by atoms with Crippen molar-refractivity contribution in [2.45, 2.75) is 26.3 Å². The second-order valence-corrected chi connectivity index (χ2v) is 4.87. The van der Waals surface area contributed by atoms with E-state index in [0.717, 1.165) is 24.7 Å². The van der Waals surface area contributed by atoms with Gasteiger partial charge in [0, 0.05) is 29.8 Å².